The molecule has 0 spiro atoms. The van der Waals surface area contributed by atoms with Crippen molar-refractivity contribution in [2.24, 2.45) is 5.92 Å². The summed E-state index contributed by atoms with van der Waals surface area (Å²) in [6.07, 6.45) is 1.65. The van der Waals surface area contributed by atoms with E-state index in [4.69, 9.17) is 0 Å². The van der Waals surface area contributed by atoms with E-state index in [1.165, 1.54) is 0 Å². The Balaban J connectivity index is 1.60. The van der Waals surface area contributed by atoms with E-state index in [1.807, 2.05) is 45.9 Å². The molecule has 1 fully saturated rings. The lowest BCUT2D eigenvalue weighted by Gasteiger charge is -2.31. The van der Waals surface area contributed by atoms with Crippen LogP contribution in [0.5, 0.6) is 0 Å². The summed E-state index contributed by atoms with van der Waals surface area (Å²) in [6.45, 7) is 9.70. The second kappa shape index (κ2) is 7.21. The molecule has 5 nitrogen and oxygen atoms in total. The smallest absolute Gasteiger partial charge is 0.227 e. The lowest BCUT2D eigenvalue weighted by atomic mass is 9.96. The monoisotopic (exact) mass is 338 g/mol. The van der Waals surface area contributed by atoms with Gasteiger partial charge in [0, 0.05) is 36.1 Å². The number of aromatic nitrogens is 2. The van der Waals surface area contributed by atoms with Crippen molar-refractivity contribution >= 4 is 17.5 Å². The number of rotatable bonds is 3. The van der Waals surface area contributed by atoms with Gasteiger partial charge in [-0.2, -0.15) is 0 Å². The first-order valence-corrected chi connectivity index (χ1v) is 8.87. The highest BCUT2D eigenvalue weighted by molar-refractivity contribution is 5.92. The molecule has 0 bridgehead atoms. The molecule has 1 aliphatic rings. The molecule has 1 aromatic carbocycles. The third-order valence-corrected chi connectivity index (χ3v) is 4.61. The second-order valence-electron chi connectivity index (χ2n) is 7.08. The number of piperidine rings is 1. The van der Waals surface area contributed by atoms with Gasteiger partial charge >= 0.3 is 0 Å². The van der Waals surface area contributed by atoms with E-state index in [2.05, 4.69) is 26.3 Å². The zero-order chi connectivity index (χ0) is 18.0. The van der Waals surface area contributed by atoms with Gasteiger partial charge in [0.05, 0.1) is 0 Å². The van der Waals surface area contributed by atoms with Gasteiger partial charge in [0.1, 0.15) is 0 Å². The van der Waals surface area contributed by atoms with Crippen molar-refractivity contribution in [1.82, 2.24) is 9.97 Å². The molecule has 1 amide bonds. The third kappa shape index (κ3) is 4.35. The summed E-state index contributed by atoms with van der Waals surface area (Å²) in [6, 6.07) is 8.12. The molecule has 1 aliphatic heterocycles. The van der Waals surface area contributed by atoms with E-state index >= 15 is 0 Å². The van der Waals surface area contributed by atoms with Gasteiger partial charge in [0.2, 0.25) is 11.9 Å². The Kier molecular flexibility index (Phi) is 5.02. The van der Waals surface area contributed by atoms with E-state index in [-0.39, 0.29) is 11.8 Å². The fourth-order valence-electron chi connectivity index (χ4n) is 3.48. The maximum atomic E-state index is 12.6. The van der Waals surface area contributed by atoms with Crippen LogP contribution in [0.15, 0.2) is 24.3 Å². The number of carbonyl (C=O) groups is 1. The molecule has 0 aliphatic carbocycles. The van der Waals surface area contributed by atoms with Gasteiger partial charge in [-0.05, 0) is 69.9 Å². The van der Waals surface area contributed by atoms with Gasteiger partial charge < -0.3 is 10.2 Å². The molecule has 0 saturated carbocycles. The number of hydrogen-bond donors (Lipinski definition) is 1. The Bertz CT molecular complexity index is 739. The highest BCUT2D eigenvalue weighted by Crippen LogP contribution is 2.23. The normalized spacial score (nSPS) is 15.3. The quantitative estimate of drug-likeness (QED) is 0.929. The summed E-state index contributed by atoms with van der Waals surface area (Å²) in [5.41, 5.74) is 5.19. The van der Waals surface area contributed by atoms with Gasteiger partial charge in [-0.1, -0.05) is 6.07 Å². The summed E-state index contributed by atoms with van der Waals surface area (Å²) >= 11 is 0. The van der Waals surface area contributed by atoms with Crippen LogP contribution in [0.4, 0.5) is 11.6 Å². The fourth-order valence-corrected chi connectivity index (χ4v) is 3.48. The molecule has 25 heavy (non-hydrogen) atoms. The predicted molar refractivity (Wildman–Crippen MR) is 101 cm³/mol. The van der Waals surface area contributed by atoms with Crippen LogP contribution in [0.2, 0.25) is 0 Å². The number of anilines is 2. The zero-order valence-corrected chi connectivity index (χ0v) is 15.5. The van der Waals surface area contributed by atoms with Crippen molar-refractivity contribution in [3.8, 4) is 0 Å². The van der Waals surface area contributed by atoms with Crippen LogP contribution in [-0.4, -0.2) is 29.0 Å². The van der Waals surface area contributed by atoms with E-state index in [0.717, 1.165) is 60.1 Å². The Morgan fingerprint density at radius 3 is 2.08 bits per heavy atom. The molecular weight excluding hydrogens is 312 g/mol. The summed E-state index contributed by atoms with van der Waals surface area (Å²) in [5, 5.41) is 3.08. The molecule has 0 radical (unpaired) electrons. The first-order valence-electron chi connectivity index (χ1n) is 8.87. The average molecular weight is 338 g/mol. The molecule has 5 heteroatoms. The topological polar surface area (TPSA) is 58.1 Å². The molecule has 0 unspecified atom stereocenters. The Morgan fingerprint density at radius 2 is 1.52 bits per heavy atom. The standard InChI is InChI=1S/C20H26N4O/c1-13-9-14(2)11-18(10-13)23-19(25)17-5-7-24(8-6-17)20-21-15(3)12-16(4)22-20/h9-12,17H,5-8H2,1-4H3,(H,23,25). The van der Waals surface area contributed by atoms with Gasteiger partial charge in [0.25, 0.3) is 0 Å². The van der Waals surface area contributed by atoms with E-state index < -0.39 is 0 Å². The van der Waals surface area contributed by atoms with Gasteiger partial charge in [-0.15, -0.1) is 0 Å². The SMILES string of the molecule is Cc1cc(C)cc(NC(=O)C2CCN(c3nc(C)cc(C)n3)CC2)c1. The largest absolute Gasteiger partial charge is 0.341 e. The van der Waals surface area contributed by atoms with Crippen LogP contribution in [0, 0.1) is 33.6 Å². The molecule has 1 aromatic heterocycles. The van der Waals surface area contributed by atoms with Crippen LogP contribution in [0.25, 0.3) is 0 Å². The number of hydrogen-bond acceptors (Lipinski definition) is 4. The number of carbonyl (C=O) groups excluding carboxylic acids is 1. The lowest BCUT2D eigenvalue weighted by molar-refractivity contribution is -0.120. The summed E-state index contributed by atoms with van der Waals surface area (Å²) < 4.78 is 0. The van der Waals surface area contributed by atoms with E-state index in [9.17, 15) is 4.79 Å². The predicted octanol–water partition coefficient (Wildman–Crippen LogP) is 3.57. The molecular formula is C20H26N4O. The van der Waals surface area contributed by atoms with Crippen LogP contribution >= 0.6 is 0 Å². The molecule has 2 heterocycles. The van der Waals surface area contributed by atoms with Gasteiger partial charge in [-0.25, -0.2) is 9.97 Å². The summed E-state index contributed by atoms with van der Waals surface area (Å²) in [5.74, 6) is 0.944. The van der Waals surface area contributed by atoms with Crippen LogP contribution in [0.3, 0.4) is 0 Å². The maximum absolute atomic E-state index is 12.6. The molecule has 2 aromatic rings. The van der Waals surface area contributed by atoms with Crippen LogP contribution in [-0.2, 0) is 4.79 Å². The number of benzene rings is 1. The average Bonchev–Trinajstić information content (AvgIpc) is 2.53. The maximum Gasteiger partial charge on any atom is 0.227 e. The first kappa shape index (κ1) is 17.4. The molecule has 1 N–H and O–H groups in total. The first-order chi connectivity index (χ1) is 11.9. The minimum Gasteiger partial charge on any atom is -0.341 e. The van der Waals surface area contributed by atoms with Crippen molar-refractivity contribution in [2.45, 2.75) is 40.5 Å². The number of aryl methyl sites for hydroxylation is 4. The summed E-state index contributed by atoms with van der Waals surface area (Å²) in [7, 11) is 0. The molecule has 0 atom stereocenters. The van der Waals surface area contributed by atoms with Crippen LogP contribution in [0.1, 0.15) is 35.4 Å². The van der Waals surface area contributed by atoms with Crippen molar-refractivity contribution in [3.05, 3.63) is 46.8 Å². The number of amides is 1. The number of nitrogens with one attached hydrogen (secondary N) is 1. The van der Waals surface area contributed by atoms with Crippen molar-refractivity contribution in [1.29, 1.82) is 0 Å². The van der Waals surface area contributed by atoms with E-state index in [1.54, 1.807) is 0 Å². The number of nitrogens with zero attached hydrogens (tertiary/aromatic N) is 3. The second-order valence-corrected chi connectivity index (χ2v) is 7.08. The molecule has 1 saturated heterocycles. The van der Waals surface area contributed by atoms with Gasteiger partial charge in [-0.3, -0.25) is 4.79 Å². The zero-order valence-electron chi connectivity index (χ0n) is 15.5. The third-order valence-electron chi connectivity index (χ3n) is 4.61. The highest BCUT2D eigenvalue weighted by Gasteiger charge is 2.26. The van der Waals surface area contributed by atoms with Crippen molar-refractivity contribution in [3.63, 3.8) is 0 Å². The minimum absolute atomic E-state index is 0.0444. The Hall–Kier alpha value is -2.43. The Morgan fingerprint density at radius 1 is 0.960 bits per heavy atom. The van der Waals surface area contributed by atoms with E-state index in [0.29, 0.717) is 0 Å². The summed E-state index contributed by atoms with van der Waals surface area (Å²) in [4.78, 5) is 23.8. The van der Waals surface area contributed by atoms with Gasteiger partial charge in [0.15, 0.2) is 0 Å². The van der Waals surface area contributed by atoms with Crippen molar-refractivity contribution < 1.29 is 4.79 Å². The Labute approximate surface area is 149 Å². The van der Waals surface area contributed by atoms with Crippen molar-refractivity contribution in [2.75, 3.05) is 23.3 Å². The minimum atomic E-state index is 0.0444. The highest BCUT2D eigenvalue weighted by atomic mass is 16.1. The molecule has 3 rings (SSSR count). The lowest BCUT2D eigenvalue weighted by Crippen LogP contribution is -2.39. The fraction of sp³-hybridized carbons (Fsp3) is 0.450. The molecule has 132 valence electrons. The van der Waals surface area contributed by atoms with Crippen LogP contribution < -0.4 is 10.2 Å².